The maximum absolute atomic E-state index is 12.1. The molecule has 0 saturated carbocycles. The third-order valence-electron chi connectivity index (χ3n) is 3.93. The molecule has 0 aliphatic carbocycles. The van der Waals surface area contributed by atoms with Gasteiger partial charge in [-0.2, -0.15) is 5.26 Å². The average Bonchev–Trinajstić information content (AvgIpc) is 2.78. The fourth-order valence-electron chi connectivity index (χ4n) is 3.03. The monoisotopic (exact) mass is 256 g/mol. The highest BCUT2D eigenvalue weighted by molar-refractivity contribution is 5.92. The first kappa shape index (κ1) is 12.1. The van der Waals surface area contributed by atoms with Crippen LogP contribution in [0.1, 0.15) is 41.7 Å². The molecule has 0 aromatic carbocycles. The Kier molecular flexibility index (Phi) is 3.18. The summed E-state index contributed by atoms with van der Waals surface area (Å²) in [7, 11) is 0. The van der Waals surface area contributed by atoms with Crippen molar-refractivity contribution in [2.24, 2.45) is 0 Å². The van der Waals surface area contributed by atoms with Crippen LogP contribution in [-0.4, -0.2) is 29.0 Å². The number of nitrogens with one attached hydrogen (secondary N) is 2. The van der Waals surface area contributed by atoms with Gasteiger partial charge in [-0.25, -0.2) is 4.98 Å². The van der Waals surface area contributed by atoms with Gasteiger partial charge in [-0.15, -0.1) is 0 Å². The number of hydrogen-bond donors (Lipinski definition) is 2. The van der Waals surface area contributed by atoms with Crippen molar-refractivity contribution in [1.29, 1.82) is 5.26 Å². The van der Waals surface area contributed by atoms with Crippen molar-refractivity contribution in [3.8, 4) is 6.07 Å². The molecule has 2 bridgehead atoms. The van der Waals surface area contributed by atoms with Gasteiger partial charge in [0.1, 0.15) is 11.8 Å². The molecule has 2 fully saturated rings. The van der Waals surface area contributed by atoms with Gasteiger partial charge in [0.05, 0.1) is 5.56 Å². The Morgan fingerprint density at radius 3 is 2.68 bits per heavy atom. The van der Waals surface area contributed by atoms with E-state index in [2.05, 4.69) is 15.6 Å². The Morgan fingerprint density at radius 1 is 1.37 bits per heavy atom. The smallest absolute Gasteiger partial charge is 0.270 e. The quantitative estimate of drug-likeness (QED) is 0.826. The van der Waals surface area contributed by atoms with E-state index in [9.17, 15) is 4.79 Å². The Morgan fingerprint density at radius 2 is 2.11 bits per heavy atom. The van der Waals surface area contributed by atoms with E-state index in [-0.39, 0.29) is 11.9 Å². The van der Waals surface area contributed by atoms with Crippen LogP contribution in [0.5, 0.6) is 0 Å². The van der Waals surface area contributed by atoms with E-state index < -0.39 is 0 Å². The van der Waals surface area contributed by atoms with Crippen LogP contribution in [0.3, 0.4) is 0 Å². The van der Waals surface area contributed by atoms with E-state index in [4.69, 9.17) is 5.26 Å². The molecule has 3 rings (SSSR count). The molecule has 0 radical (unpaired) electrons. The summed E-state index contributed by atoms with van der Waals surface area (Å²) in [4.78, 5) is 16.1. The van der Waals surface area contributed by atoms with Crippen LogP contribution >= 0.6 is 0 Å². The van der Waals surface area contributed by atoms with E-state index in [0.717, 1.165) is 12.8 Å². The molecule has 2 saturated heterocycles. The molecule has 1 aromatic heterocycles. The number of rotatable bonds is 2. The maximum Gasteiger partial charge on any atom is 0.270 e. The van der Waals surface area contributed by atoms with Crippen LogP contribution in [0.25, 0.3) is 0 Å². The molecule has 5 heteroatoms. The first-order valence-corrected chi connectivity index (χ1v) is 6.67. The Labute approximate surface area is 112 Å². The van der Waals surface area contributed by atoms with Crippen molar-refractivity contribution < 1.29 is 4.79 Å². The molecule has 0 spiro atoms. The third-order valence-corrected chi connectivity index (χ3v) is 3.93. The second-order valence-electron chi connectivity index (χ2n) is 5.32. The van der Waals surface area contributed by atoms with Gasteiger partial charge >= 0.3 is 0 Å². The summed E-state index contributed by atoms with van der Waals surface area (Å²) in [6, 6.07) is 6.56. The molecule has 2 N–H and O–H groups in total. The van der Waals surface area contributed by atoms with Crippen molar-refractivity contribution in [3.05, 3.63) is 29.6 Å². The number of hydrogen-bond acceptors (Lipinski definition) is 4. The molecule has 19 heavy (non-hydrogen) atoms. The lowest BCUT2D eigenvalue weighted by atomic mass is 10.00. The van der Waals surface area contributed by atoms with E-state index >= 15 is 0 Å². The van der Waals surface area contributed by atoms with Crippen molar-refractivity contribution >= 4 is 5.91 Å². The lowest BCUT2D eigenvalue weighted by Gasteiger charge is -2.29. The van der Waals surface area contributed by atoms with E-state index in [1.165, 1.54) is 19.0 Å². The number of amides is 1. The highest BCUT2D eigenvalue weighted by atomic mass is 16.1. The molecule has 2 unspecified atom stereocenters. The lowest BCUT2D eigenvalue weighted by molar-refractivity contribution is 0.0919. The number of nitriles is 1. The molecule has 1 amide bonds. The van der Waals surface area contributed by atoms with Crippen molar-refractivity contribution in [2.75, 3.05) is 0 Å². The zero-order valence-electron chi connectivity index (χ0n) is 10.6. The molecule has 2 atom stereocenters. The van der Waals surface area contributed by atoms with Crippen molar-refractivity contribution in [3.63, 3.8) is 0 Å². The van der Waals surface area contributed by atoms with Crippen molar-refractivity contribution in [2.45, 2.75) is 43.8 Å². The van der Waals surface area contributed by atoms with Gasteiger partial charge in [-0.1, -0.05) is 0 Å². The molecular formula is C14H16N4O. The summed E-state index contributed by atoms with van der Waals surface area (Å²) >= 11 is 0. The minimum absolute atomic E-state index is 0.143. The van der Waals surface area contributed by atoms with Gasteiger partial charge in [-0.3, -0.25) is 4.79 Å². The Balaban J connectivity index is 1.63. The average molecular weight is 256 g/mol. The highest BCUT2D eigenvalue weighted by Crippen LogP contribution is 2.26. The number of fused-ring (bicyclic) bond motifs is 2. The van der Waals surface area contributed by atoms with Gasteiger partial charge in [-0.05, 0) is 37.8 Å². The SMILES string of the molecule is N#Cc1ccc(C(=O)NC2CC3CCC(C2)N3)nc1. The molecule has 98 valence electrons. The second kappa shape index (κ2) is 4.98. The van der Waals surface area contributed by atoms with E-state index in [0.29, 0.717) is 23.3 Å². The van der Waals surface area contributed by atoms with Gasteiger partial charge in [0.2, 0.25) is 0 Å². The molecular weight excluding hydrogens is 240 g/mol. The van der Waals surface area contributed by atoms with Crippen LogP contribution in [0, 0.1) is 11.3 Å². The van der Waals surface area contributed by atoms with Gasteiger partial charge in [0.15, 0.2) is 0 Å². The number of piperidine rings is 1. The van der Waals surface area contributed by atoms with Crippen LogP contribution < -0.4 is 10.6 Å². The molecule has 3 heterocycles. The predicted octanol–water partition coefficient (Wildman–Crippen LogP) is 0.966. The summed E-state index contributed by atoms with van der Waals surface area (Å²) in [5.41, 5.74) is 0.848. The minimum Gasteiger partial charge on any atom is -0.348 e. The van der Waals surface area contributed by atoms with Gasteiger partial charge in [0, 0.05) is 24.3 Å². The summed E-state index contributed by atoms with van der Waals surface area (Å²) in [6.07, 6.45) is 5.86. The summed E-state index contributed by atoms with van der Waals surface area (Å²) in [5, 5.41) is 15.3. The molecule has 1 aromatic rings. The number of carbonyl (C=O) groups excluding carboxylic acids is 1. The lowest BCUT2D eigenvalue weighted by Crippen LogP contribution is -2.48. The summed E-state index contributed by atoms with van der Waals surface area (Å²) < 4.78 is 0. The van der Waals surface area contributed by atoms with Gasteiger partial charge in [0.25, 0.3) is 5.91 Å². The predicted molar refractivity (Wildman–Crippen MR) is 69.4 cm³/mol. The molecule has 2 aliphatic rings. The molecule has 5 nitrogen and oxygen atoms in total. The van der Waals surface area contributed by atoms with Crippen LogP contribution in [0.2, 0.25) is 0 Å². The zero-order chi connectivity index (χ0) is 13.2. The number of aromatic nitrogens is 1. The fourth-order valence-corrected chi connectivity index (χ4v) is 3.03. The maximum atomic E-state index is 12.1. The standard InChI is InChI=1S/C14H16N4O/c15-7-9-1-4-13(16-8-9)14(19)18-12-5-10-2-3-11(6-12)17-10/h1,4,8,10-12,17H,2-3,5-6H2,(H,18,19). The van der Waals surface area contributed by atoms with Gasteiger partial charge < -0.3 is 10.6 Å². The van der Waals surface area contributed by atoms with E-state index in [1.807, 2.05) is 6.07 Å². The summed E-state index contributed by atoms with van der Waals surface area (Å²) in [6.45, 7) is 0. The summed E-state index contributed by atoms with van der Waals surface area (Å²) in [5.74, 6) is -0.143. The first-order valence-electron chi connectivity index (χ1n) is 6.67. The molecule has 2 aliphatic heterocycles. The first-order chi connectivity index (χ1) is 9.24. The largest absolute Gasteiger partial charge is 0.348 e. The highest BCUT2D eigenvalue weighted by Gasteiger charge is 2.34. The van der Waals surface area contributed by atoms with Crippen LogP contribution in [-0.2, 0) is 0 Å². The van der Waals surface area contributed by atoms with Crippen molar-refractivity contribution in [1.82, 2.24) is 15.6 Å². The second-order valence-corrected chi connectivity index (χ2v) is 5.32. The normalized spacial score (nSPS) is 28.7. The number of pyridine rings is 1. The minimum atomic E-state index is -0.143. The van der Waals surface area contributed by atoms with E-state index in [1.54, 1.807) is 12.1 Å². The topological polar surface area (TPSA) is 77.8 Å². The fraction of sp³-hybridized carbons (Fsp3) is 0.500. The number of nitrogens with zero attached hydrogens (tertiary/aromatic N) is 2. The Hall–Kier alpha value is -1.93. The van der Waals surface area contributed by atoms with Crippen LogP contribution in [0.4, 0.5) is 0 Å². The number of carbonyl (C=O) groups is 1. The third kappa shape index (κ3) is 2.59. The van der Waals surface area contributed by atoms with Crippen LogP contribution in [0.15, 0.2) is 18.3 Å². The Bertz CT molecular complexity index is 507. The zero-order valence-corrected chi connectivity index (χ0v) is 10.6.